The fourth-order valence-corrected chi connectivity index (χ4v) is 3.03. The van der Waals surface area contributed by atoms with Crippen molar-refractivity contribution in [3.8, 4) is 0 Å². The number of benzene rings is 2. The topological polar surface area (TPSA) is 119 Å². The van der Waals surface area contributed by atoms with Crippen molar-refractivity contribution in [2.45, 2.75) is 13.5 Å². The molecular formula is C21H20FN3O6. The first-order chi connectivity index (χ1) is 14.8. The van der Waals surface area contributed by atoms with Crippen molar-refractivity contribution < 1.29 is 28.4 Å². The van der Waals surface area contributed by atoms with E-state index in [0.717, 1.165) is 17.7 Å². The van der Waals surface area contributed by atoms with Gasteiger partial charge in [-0.15, -0.1) is 0 Å². The monoisotopic (exact) mass is 429 g/mol. The Morgan fingerprint density at radius 3 is 2.55 bits per heavy atom. The van der Waals surface area contributed by atoms with Gasteiger partial charge in [-0.05, 0) is 18.6 Å². The second kappa shape index (κ2) is 9.33. The number of halogens is 1. The lowest BCUT2D eigenvalue weighted by Crippen LogP contribution is -2.56. The molecule has 10 heteroatoms. The Hall–Kier alpha value is -3.82. The Kier molecular flexibility index (Phi) is 6.58. The molecule has 162 valence electrons. The lowest BCUT2D eigenvalue weighted by molar-refractivity contribution is -0.385. The molecule has 0 spiro atoms. The second-order valence-corrected chi connectivity index (χ2v) is 7.14. The van der Waals surface area contributed by atoms with Gasteiger partial charge < -0.3 is 15.0 Å². The van der Waals surface area contributed by atoms with Crippen LogP contribution in [0.15, 0.2) is 42.5 Å². The van der Waals surface area contributed by atoms with Crippen LogP contribution < -0.4 is 5.32 Å². The highest BCUT2D eigenvalue weighted by atomic mass is 19.1. The first-order valence-corrected chi connectivity index (χ1v) is 9.47. The number of carbonyl (C=O) groups excluding carboxylic acids is 3. The van der Waals surface area contributed by atoms with Gasteiger partial charge in [0.1, 0.15) is 12.4 Å². The van der Waals surface area contributed by atoms with Gasteiger partial charge in [0, 0.05) is 24.7 Å². The number of carbonyl (C=O) groups is 3. The summed E-state index contributed by atoms with van der Waals surface area (Å²) in [5.41, 5.74) is -0.0237. The largest absolute Gasteiger partial charge is 0.445 e. The molecule has 0 aromatic heterocycles. The first-order valence-electron chi connectivity index (χ1n) is 9.47. The van der Waals surface area contributed by atoms with E-state index in [-0.39, 0.29) is 30.8 Å². The van der Waals surface area contributed by atoms with Crippen molar-refractivity contribution in [1.82, 2.24) is 10.2 Å². The minimum atomic E-state index is -0.868. The third-order valence-corrected chi connectivity index (χ3v) is 4.97. The molecule has 1 aliphatic heterocycles. The number of rotatable bonds is 7. The SMILES string of the molecule is Cc1c(F)cc(C(=O)CNC(=O)C2CN(C(=O)OCc3ccccc3)C2)cc1[N+](=O)[O-]. The number of nitro groups is 1. The number of nitro benzene ring substituents is 1. The maximum atomic E-state index is 13.8. The molecule has 0 bridgehead atoms. The summed E-state index contributed by atoms with van der Waals surface area (Å²) >= 11 is 0. The molecule has 1 fully saturated rings. The number of likely N-dealkylation sites (tertiary alicyclic amines) is 1. The van der Waals surface area contributed by atoms with Gasteiger partial charge >= 0.3 is 6.09 Å². The zero-order valence-corrected chi connectivity index (χ0v) is 16.7. The number of hydrogen-bond donors (Lipinski definition) is 1. The molecule has 31 heavy (non-hydrogen) atoms. The molecule has 1 N–H and O–H groups in total. The zero-order chi connectivity index (χ0) is 22.5. The molecule has 0 radical (unpaired) electrons. The minimum absolute atomic E-state index is 0.126. The summed E-state index contributed by atoms with van der Waals surface area (Å²) in [5.74, 6) is -2.47. The Balaban J connectivity index is 1.45. The standard InChI is InChI=1S/C21H20FN3O6/c1-13-17(22)7-15(8-18(13)25(29)30)19(26)9-23-20(27)16-10-24(11-16)21(28)31-12-14-5-3-2-4-6-14/h2-8,16H,9-12H2,1H3,(H,23,27). The van der Waals surface area contributed by atoms with Crippen molar-refractivity contribution >= 4 is 23.5 Å². The summed E-state index contributed by atoms with van der Waals surface area (Å²) in [6.45, 7) is 1.24. The molecule has 1 heterocycles. The molecule has 2 aromatic rings. The van der Waals surface area contributed by atoms with Crippen LogP contribution in [0, 0.1) is 28.8 Å². The van der Waals surface area contributed by atoms with Crippen LogP contribution in [0.3, 0.4) is 0 Å². The van der Waals surface area contributed by atoms with E-state index in [4.69, 9.17) is 4.74 Å². The fraction of sp³-hybridized carbons (Fsp3) is 0.286. The Morgan fingerprint density at radius 2 is 1.90 bits per heavy atom. The van der Waals surface area contributed by atoms with E-state index in [1.54, 1.807) is 0 Å². The molecule has 1 saturated heterocycles. The molecule has 0 saturated carbocycles. The molecule has 2 aromatic carbocycles. The fourth-order valence-electron chi connectivity index (χ4n) is 3.03. The Labute approximate surface area is 176 Å². The molecule has 0 unspecified atom stereocenters. The number of amides is 2. The number of hydrogen-bond acceptors (Lipinski definition) is 6. The third-order valence-electron chi connectivity index (χ3n) is 4.97. The van der Waals surface area contributed by atoms with Crippen molar-refractivity contribution in [1.29, 1.82) is 0 Å². The van der Waals surface area contributed by atoms with Gasteiger partial charge in [-0.2, -0.15) is 0 Å². The smallest absolute Gasteiger partial charge is 0.410 e. The van der Waals surface area contributed by atoms with E-state index in [1.165, 1.54) is 11.8 Å². The van der Waals surface area contributed by atoms with Crippen molar-refractivity contribution in [3.63, 3.8) is 0 Å². The Morgan fingerprint density at radius 1 is 1.23 bits per heavy atom. The predicted octanol–water partition coefficient (Wildman–Crippen LogP) is 2.61. The number of Topliss-reactive ketones (excluding diaryl/α,β-unsaturated/α-hetero) is 1. The number of nitrogens with zero attached hydrogens (tertiary/aromatic N) is 2. The van der Waals surface area contributed by atoms with E-state index in [1.807, 2.05) is 30.3 Å². The quantitative estimate of drug-likeness (QED) is 0.411. The van der Waals surface area contributed by atoms with Crippen LogP contribution >= 0.6 is 0 Å². The second-order valence-electron chi connectivity index (χ2n) is 7.14. The summed E-state index contributed by atoms with van der Waals surface area (Å²) < 4.78 is 19.0. The highest BCUT2D eigenvalue weighted by Crippen LogP contribution is 2.23. The summed E-state index contributed by atoms with van der Waals surface area (Å²) in [5, 5.41) is 13.4. The number of nitrogens with one attached hydrogen (secondary N) is 1. The van der Waals surface area contributed by atoms with Gasteiger partial charge in [0.2, 0.25) is 5.91 Å². The summed E-state index contributed by atoms with van der Waals surface area (Å²) in [4.78, 5) is 48.0. The van der Waals surface area contributed by atoms with Crippen molar-refractivity contribution in [2.24, 2.45) is 5.92 Å². The van der Waals surface area contributed by atoms with Gasteiger partial charge in [0.05, 0.1) is 22.9 Å². The van der Waals surface area contributed by atoms with Gasteiger partial charge in [-0.3, -0.25) is 19.7 Å². The summed E-state index contributed by atoms with van der Waals surface area (Å²) in [7, 11) is 0. The number of ether oxygens (including phenoxy) is 1. The van der Waals surface area contributed by atoms with E-state index < -0.39 is 46.7 Å². The van der Waals surface area contributed by atoms with Crippen LogP contribution in [0.2, 0.25) is 0 Å². The van der Waals surface area contributed by atoms with Crippen LogP contribution in [0.4, 0.5) is 14.9 Å². The average Bonchev–Trinajstić information content (AvgIpc) is 2.71. The zero-order valence-electron chi connectivity index (χ0n) is 16.7. The lowest BCUT2D eigenvalue weighted by atomic mass is 9.99. The van der Waals surface area contributed by atoms with E-state index >= 15 is 0 Å². The average molecular weight is 429 g/mol. The lowest BCUT2D eigenvalue weighted by Gasteiger charge is -2.37. The van der Waals surface area contributed by atoms with Gasteiger partial charge in [0.15, 0.2) is 5.78 Å². The normalized spacial score (nSPS) is 13.3. The molecular weight excluding hydrogens is 409 g/mol. The molecule has 9 nitrogen and oxygen atoms in total. The van der Waals surface area contributed by atoms with Crippen LogP contribution in [0.5, 0.6) is 0 Å². The van der Waals surface area contributed by atoms with Crippen molar-refractivity contribution in [2.75, 3.05) is 19.6 Å². The maximum absolute atomic E-state index is 13.8. The molecule has 0 aliphatic carbocycles. The molecule has 1 aliphatic rings. The Bertz CT molecular complexity index is 1020. The van der Waals surface area contributed by atoms with Crippen molar-refractivity contribution in [3.05, 3.63) is 75.1 Å². The third kappa shape index (κ3) is 5.21. The van der Waals surface area contributed by atoms with Crippen LogP contribution in [-0.2, 0) is 16.1 Å². The highest BCUT2D eigenvalue weighted by Gasteiger charge is 2.36. The van der Waals surface area contributed by atoms with E-state index in [9.17, 15) is 28.9 Å². The van der Waals surface area contributed by atoms with Crippen LogP contribution in [0.25, 0.3) is 0 Å². The van der Waals surface area contributed by atoms with Gasteiger partial charge in [-0.1, -0.05) is 30.3 Å². The molecule has 2 amide bonds. The molecule has 3 rings (SSSR count). The first kappa shape index (κ1) is 21.9. The summed E-state index contributed by atoms with van der Waals surface area (Å²) in [6, 6.07) is 11.1. The van der Waals surface area contributed by atoms with E-state index in [2.05, 4.69) is 5.32 Å². The highest BCUT2D eigenvalue weighted by molar-refractivity contribution is 6.00. The van der Waals surface area contributed by atoms with Gasteiger partial charge in [0.25, 0.3) is 5.69 Å². The van der Waals surface area contributed by atoms with Gasteiger partial charge in [-0.25, -0.2) is 9.18 Å². The van der Waals surface area contributed by atoms with E-state index in [0.29, 0.717) is 0 Å². The predicted molar refractivity (Wildman–Crippen MR) is 107 cm³/mol. The molecule has 0 atom stereocenters. The maximum Gasteiger partial charge on any atom is 0.410 e. The van der Waals surface area contributed by atoms with Crippen LogP contribution in [-0.4, -0.2) is 47.2 Å². The summed E-state index contributed by atoms with van der Waals surface area (Å²) in [6.07, 6.45) is -0.536. The minimum Gasteiger partial charge on any atom is -0.445 e. The van der Waals surface area contributed by atoms with Crippen LogP contribution in [0.1, 0.15) is 21.5 Å². The number of ketones is 1.